The Balaban J connectivity index is 3.30. The van der Waals surface area contributed by atoms with Gasteiger partial charge in [0.2, 0.25) is 0 Å². The highest BCUT2D eigenvalue weighted by molar-refractivity contribution is 5.87. The van der Waals surface area contributed by atoms with Gasteiger partial charge in [0.25, 0.3) is 0 Å². The first-order valence-corrected chi connectivity index (χ1v) is 4.97. The number of carbonyl (C=O) groups is 2. The Bertz CT molecular complexity index is 211. The number of allylic oxidation sites excluding steroid dienone is 4. The molecule has 0 aliphatic heterocycles. The van der Waals surface area contributed by atoms with Crippen molar-refractivity contribution >= 4 is 11.6 Å². The molecule has 2 nitrogen and oxygen atoms in total. The number of hydrogen-bond donors (Lipinski definition) is 0. The van der Waals surface area contributed by atoms with Gasteiger partial charge in [-0.1, -0.05) is 12.2 Å². The van der Waals surface area contributed by atoms with Crippen molar-refractivity contribution in [1.82, 2.24) is 0 Å². The largest absolute Gasteiger partial charge is 0.295 e. The third-order valence-corrected chi connectivity index (χ3v) is 1.70. The molecule has 14 heavy (non-hydrogen) atoms. The molecule has 78 valence electrons. The topological polar surface area (TPSA) is 34.1 Å². The Hall–Kier alpha value is -1.18. The van der Waals surface area contributed by atoms with Crippen molar-refractivity contribution in [2.75, 3.05) is 0 Å². The van der Waals surface area contributed by atoms with Crippen molar-refractivity contribution in [2.24, 2.45) is 0 Å². The summed E-state index contributed by atoms with van der Waals surface area (Å²) in [6, 6.07) is 0. The lowest BCUT2D eigenvalue weighted by Crippen LogP contribution is -1.81. The molecule has 0 saturated heterocycles. The molecule has 0 aromatic carbocycles. The van der Waals surface area contributed by atoms with E-state index in [4.69, 9.17) is 0 Å². The first-order valence-electron chi connectivity index (χ1n) is 4.97. The van der Waals surface area contributed by atoms with Crippen LogP contribution in [0.1, 0.15) is 39.5 Å². The molecular formula is C12H18O2. The van der Waals surface area contributed by atoms with E-state index in [1.165, 1.54) is 0 Å². The molecule has 0 radical (unpaired) electrons. The van der Waals surface area contributed by atoms with Gasteiger partial charge >= 0.3 is 0 Å². The van der Waals surface area contributed by atoms with Crippen LogP contribution >= 0.6 is 0 Å². The van der Waals surface area contributed by atoms with Gasteiger partial charge < -0.3 is 0 Å². The predicted molar refractivity (Wildman–Crippen MR) is 58.1 cm³/mol. The van der Waals surface area contributed by atoms with Gasteiger partial charge in [-0.2, -0.15) is 0 Å². The summed E-state index contributed by atoms with van der Waals surface area (Å²) in [6.07, 6.45) is 11.0. The Morgan fingerprint density at radius 1 is 0.857 bits per heavy atom. The molecule has 0 bridgehead atoms. The van der Waals surface area contributed by atoms with E-state index in [-0.39, 0.29) is 11.6 Å². The van der Waals surface area contributed by atoms with Crippen LogP contribution in [0.25, 0.3) is 0 Å². The zero-order chi connectivity index (χ0) is 10.8. The van der Waals surface area contributed by atoms with Gasteiger partial charge in [0.05, 0.1) is 0 Å². The summed E-state index contributed by atoms with van der Waals surface area (Å²) in [7, 11) is 0. The minimum Gasteiger partial charge on any atom is -0.295 e. The minimum atomic E-state index is 0.0986. The molecule has 0 aliphatic rings. The zero-order valence-corrected chi connectivity index (χ0v) is 8.95. The summed E-state index contributed by atoms with van der Waals surface area (Å²) < 4.78 is 0. The van der Waals surface area contributed by atoms with Gasteiger partial charge in [-0.3, -0.25) is 9.59 Å². The van der Waals surface area contributed by atoms with Crippen LogP contribution in [0.2, 0.25) is 0 Å². The molecule has 0 fully saturated rings. The van der Waals surface area contributed by atoms with E-state index in [0.717, 1.165) is 25.7 Å². The molecule has 0 aromatic rings. The average Bonchev–Trinajstić information content (AvgIpc) is 2.08. The second kappa shape index (κ2) is 8.42. The Morgan fingerprint density at radius 2 is 1.21 bits per heavy atom. The molecule has 0 N–H and O–H groups in total. The predicted octanol–water partition coefficient (Wildman–Crippen LogP) is 2.84. The fraction of sp³-hybridized carbons (Fsp3) is 0.500. The highest BCUT2D eigenvalue weighted by atomic mass is 16.1. The maximum Gasteiger partial charge on any atom is 0.152 e. The van der Waals surface area contributed by atoms with E-state index in [1.54, 1.807) is 26.0 Å². The van der Waals surface area contributed by atoms with Gasteiger partial charge in [0, 0.05) is 0 Å². The van der Waals surface area contributed by atoms with E-state index >= 15 is 0 Å². The quantitative estimate of drug-likeness (QED) is 0.461. The molecule has 0 amide bonds. The van der Waals surface area contributed by atoms with Crippen LogP contribution in [0.5, 0.6) is 0 Å². The summed E-state index contributed by atoms with van der Waals surface area (Å²) in [4.78, 5) is 21.0. The molecule has 0 spiro atoms. The number of ketones is 2. The normalized spacial score (nSPS) is 11.3. The van der Waals surface area contributed by atoms with Crippen molar-refractivity contribution in [3.05, 3.63) is 24.3 Å². The summed E-state index contributed by atoms with van der Waals surface area (Å²) >= 11 is 0. The first-order chi connectivity index (χ1) is 6.63. The van der Waals surface area contributed by atoms with Gasteiger partial charge in [0.1, 0.15) is 0 Å². The second-order valence-corrected chi connectivity index (χ2v) is 3.31. The van der Waals surface area contributed by atoms with E-state index in [2.05, 4.69) is 0 Å². The monoisotopic (exact) mass is 194 g/mol. The molecule has 2 heteroatoms. The van der Waals surface area contributed by atoms with Gasteiger partial charge in [-0.15, -0.1) is 0 Å². The highest BCUT2D eigenvalue weighted by Gasteiger charge is 1.86. The summed E-state index contributed by atoms with van der Waals surface area (Å²) in [6.45, 7) is 3.10. The molecular weight excluding hydrogens is 176 g/mol. The third kappa shape index (κ3) is 10.8. The maximum absolute atomic E-state index is 10.5. The van der Waals surface area contributed by atoms with Crippen LogP contribution in [0, 0.1) is 0 Å². The van der Waals surface area contributed by atoms with Crippen molar-refractivity contribution in [1.29, 1.82) is 0 Å². The van der Waals surface area contributed by atoms with Gasteiger partial charge in [-0.25, -0.2) is 0 Å². The number of hydrogen-bond acceptors (Lipinski definition) is 2. The average molecular weight is 194 g/mol. The molecule has 0 saturated carbocycles. The minimum absolute atomic E-state index is 0.0986. The Kier molecular flexibility index (Phi) is 7.71. The van der Waals surface area contributed by atoms with E-state index < -0.39 is 0 Å². The summed E-state index contributed by atoms with van der Waals surface area (Å²) in [5.74, 6) is 0.197. The smallest absolute Gasteiger partial charge is 0.152 e. The molecule has 0 aliphatic carbocycles. The Morgan fingerprint density at radius 3 is 1.50 bits per heavy atom. The van der Waals surface area contributed by atoms with Crippen LogP contribution in [0.15, 0.2) is 24.3 Å². The standard InChI is InChI=1S/C12H18O2/c1-11(13)9-7-5-3-4-6-8-10-12(2)14/h7-10H,3-6H2,1-2H3/b9-7+,10-8+. The molecule has 0 aromatic heterocycles. The van der Waals surface area contributed by atoms with Crippen molar-refractivity contribution < 1.29 is 9.59 Å². The zero-order valence-electron chi connectivity index (χ0n) is 8.95. The van der Waals surface area contributed by atoms with E-state index in [9.17, 15) is 9.59 Å². The number of rotatable bonds is 7. The van der Waals surface area contributed by atoms with Crippen molar-refractivity contribution in [2.45, 2.75) is 39.5 Å². The molecule has 0 rings (SSSR count). The molecule has 0 heterocycles. The van der Waals surface area contributed by atoms with Gasteiger partial charge in [0.15, 0.2) is 11.6 Å². The fourth-order valence-corrected chi connectivity index (χ4v) is 1.02. The highest BCUT2D eigenvalue weighted by Crippen LogP contribution is 2.01. The first kappa shape index (κ1) is 12.8. The maximum atomic E-state index is 10.5. The molecule has 0 unspecified atom stereocenters. The van der Waals surface area contributed by atoms with Crippen LogP contribution in [0.3, 0.4) is 0 Å². The van der Waals surface area contributed by atoms with Crippen LogP contribution in [-0.4, -0.2) is 11.6 Å². The van der Waals surface area contributed by atoms with E-state index in [0.29, 0.717) is 0 Å². The number of carbonyl (C=O) groups excluding carboxylic acids is 2. The SMILES string of the molecule is CC(=O)/C=C/CCCC/C=C/C(C)=O. The van der Waals surface area contributed by atoms with Crippen LogP contribution < -0.4 is 0 Å². The van der Waals surface area contributed by atoms with Crippen molar-refractivity contribution in [3.63, 3.8) is 0 Å². The third-order valence-electron chi connectivity index (χ3n) is 1.70. The lowest BCUT2D eigenvalue weighted by molar-refractivity contribution is -0.113. The lowest BCUT2D eigenvalue weighted by Gasteiger charge is -1.92. The summed E-state index contributed by atoms with van der Waals surface area (Å²) in [5.41, 5.74) is 0. The van der Waals surface area contributed by atoms with Crippen LogP contribution in [0.4, 0.5) is 0 Å². The Labute approximate surface area is 85.7 Å². The molecule has 0 atom stereocenters. The lowest BCUT2D eigenvalue weighted by atomic mass is 10.1. The second-order valence-electron chi connectivity index (χ2n) is 3.31. The summed E-state index contributed by atoms with van der Waals surface area (Å²) in [5, 5.41) is 0. The number of unbranched alkanes of at least 4 members (excludes halogenated alkanes) is 3. The van der Waals surface area contributed by atoms with Crippen LogP contribution in [-0.2, 0) is 9.59 Å². The van der Waals surface area contributed by atoms with Crippen molar-refractivity contribution in [3.8, 4) is 0 Å². The van der Waals surface area contributed by atoms with E-state index in [1.807, 2.05) is 12.2 Å². The fourth-order valence-electron chi connectivity index (χ4n) is 1.02. The van der Waals surface area contributed by atoms with Gasteiger partial charge in [-0.05, 0) is 51.7 Å².